The van der Waals surface area contributed by atoms with Gasteiger partial charge in [0.15, 0.2) is 0 Å². The van der Waals surface area contributed by atoms with E-state index in [1.807, 2.05) is 44.3 Å². The molecular weight excluding hydrogens is 334 g/mol. The highest BCUT2D eigenvalue weighted by molar-refractivity contribution is 8.22. The molecule has 2 nitrogen and oxygen atoms in total. The summed E-state index contributed by atoms with van der Waals surface area (Å²) >= 11 is 3.91. The summed E-state index contributed by atoms with van der Waals surface area (Å²) in [7, 11) is 0. The first-order chi connectivity index (χ1) is 11.5. The van der Waals surface area contributed by atoms with Crippen molar-refractivity contribution in [2.45, 2.75) is 40.0 Å². The van der Waals surface area contributed by atoms with Gasteiger partial charge in [-0.3, -0.25) is 4.79 Å². The summed E-state index contributed by atoms with van der Waals surface area (Å²) in [5.41, 5.74) is 2.36. The summed E-state index contributed by atoms with van der Waals surface area (Å²) < 4.78 is 1.40. The Morgan fingerprint density at radius 1 is 1.17 bits per heavy atom. The summed E-state index contributed by atoms with van der Waals surface area (Å²) in [6.45, 7) is 6.96. The zero-order valence-corrected chi connectivity index (χ0v) is 16.5. The number of likely N-dealkylation sites (tertiary alicyclic amines) is 1. The molecule has 24 heavy (non-hydrogen) atoms. The van der Waals surface area contributed by atoms with Gasteiger partial charge < -0.3 is 4.90 Å². The van der Waals surface area contributed by atoms with Crippen molar-refractivity contribution in [3.63, 3.8) is 0 Å². The maximum absolute atomic E-state index is 13.0. The molecule has 1 aromatic carbocycles. The van der Waals surface area contributed by atoms with Crippen LogP contribution in [0.1, 0.15) is 39.2 Å². The van der Waals surface area contributed by atoms with Crippen LogP contribution in [0.4, 0.5) is 0 Å². The van der Waals surface area contributed by atoms with Crippen molar-refractivity contribution < 1.29 is 4.79 Å². The molecule has 130 valence electrons. The molecule has 3 rings (SSSR count). The topological polar surface area (TPSA) is 20.3 Å². The number of carbonyl (C=O) groups is 1. The lowest BCUT2D eigenvalue weighted by molar-refractivity contribution is -0.136. The van der Waals surface area contributed by atoms with Crippen LogP contribution in [0.5, 0.6) is 0 Å². The van der Waals surface area contributed by atoms with Crippen LogP contribution in [-0.4, -0.2) is 28.9 Å². The average molecular weight is 362 g/mol. The van der Waals surface area contributed by atoms with Gasteiger partial charge in [0.2, 0.25) is 5.91 Å². The van der Waals surface area contributed by atoms with Gasteiger partial charge >= 0.3 is 0 Å². The molecule has 2 saturated heterocycles. The first-order valence-corrected chi connectivity index (χ1v) is 10.8. The van der Waals surface area contributed by atoms with Crippen LogP contribution < -0.4 is 0 Å². The molecule has 1 atom stereocenters. The van der Waals surface area contributed by atoms with Gasteiger partial charge in [-0.05, 0) is 36.3 Å². The fraction of sp³-hybridized carbons (Fsp3) is 0.550. The summed E-state index contributed by atoms with van der Waals surface area (Å²) in [6, 6.07) is 10.7. The third-order valence-electron chi connectivity index (χ3n) is 4.55. The predicted octanol–water partition coefficient (Wildman–Crippen LogP) is 5.16. The van der Waals surface area contributed by atoms with E-state index in [4.69, 9.17) is 0 Å². The van der Waals surface area contributed by atoms with E-state index >= 15 is 0 Å². The number of thioether (sulfide) groups is 2. The highest BCUT2D eigenvalue weighted by atomic mass is 32.2. The van der Waals surface area contributed by atoms with Crippen molar-refractivity contribution in [2.24, 2.45) is 11.3 Å². The molecule has 4 heteroatoms. The van der Waals surface area contributed by atoms with E-state index in [1.54, 1.807) is 0 Å². The van der Waals surface area contributed by atoms with E-state index in [2.05, 4.69) is 35.2 Å². The zero-order chi connectivity index (χ0) is 17.2. The highest BCUT2D eigenvalue weighted by Crippen LogP contribution is 2.45. The van der Waals surface area contributed by atoms with E-state index in [-0.39, 0.29) is 11.3 Å². The molecule has 0 spiro atoms. The Kier molecular flexibility index (Phi) is 5.66. The number of hydrogen-bond donors (Lipinski definition) is 0. The molecule has 1 aromatic rings. The third kappa shape index (κ3) is 4.02. The monoisotopic (exact) mass is 361 g/mol. The number of amides is 1. The fourth-order valence-corrected chi connectivity index (χ4v) is 6.14. The molecule has 0 saturated carbocycles. The smallest absolute Gasteiger partial charge is 0.232 e. The van der Waals surface area contributed by atoms with Gasteiger partial charge in [-0.1, -0.05) is 51.1 Å². The molecular formula is C20H27NOS2. The largest absolute Gasteiger partial charge is 0.314 e. The van der Waals surface area contributed by atoms with Crippen molar-refractivity contribution in [3.8, 4) is 0 Å². The number of nitrogens with zero attached hydrogens (tertiary/aromatic N) is 1. The van der Waals surface area contributed by atoms with E-state index in [1.165, 1.54) is 33.4 Å². The predicted molar refractivity (Wildman–Crippen MR) is 106 cm³/mol. The van der Waals surface area contributed by atoms with Gasteiger partial charge in [0.25, 0.3) is 0 Å². The first-order valence-electron chi connectivity index (χ1n) is 8.82. The van der Waals surface area contributed by atoms with E-state index < -0.39 is 0 Å². The molecule has 0 N–H and O–H groups in total. The van der Waals surface area contributed by atoms with Crippen LogP contribution in [0.15, 0.2) is 40.3 Å². The Hall–Kier alpha value is -0.870. The highest BCUT2D eigenvalue weighted by Gasteiger charge is 2.39. The van der Waals surface area contributed by atoms with Crippen molar-refractivity contribution in [3.05, 3.63) is 45.8 Å². The third-order valence-corrected chi connectivity index (χ3v) is 7.19. The second-order valence-electron chi connectivity index (χ2n) is 7.61. The number of allylic oxidation sites excluding steroid dienone is 1. The number of benzene rings is 1. The minimum absolute atomic E-state index is 0.271. The SMILES string of the molecule is CC(C)(C)C(=O)N1CCC(Cc2ccccc2)C1=C1SCCCS1. The van der Waals surface area contributed by atoms with Gasteiger partial charge in [-0.15, -0.1) is 23.5 Å². The van der Waals surface area contributed by atoms with Crippen LogP contribution in [0.2, 0.25) is 0 Å². The lowest BCUT2D eigenvalue weighted by Gasteiger charge is -2.30. The normalized spacial score (nSPS) is 22.1. The Bertz CT molecular complexity index is 610. The van der Waals surface area contributed by atoms with Gasteiger partial charge in [-0.25, -0.2) is 0 Å². The van der Waals surface area contributed by atoms with E-state index in [9.17, 15) is 4.79 Å². The zero-order valence-electron chi connectivity index (χ0n) is 14.9. The number of rotatable bonds is 2. The Morgan fingerprint density at radius 3 is 2.46 bits per heavy atom. The molecule has 2 aliphatic heterocycles. The second kappa shape index (κ2) is 7.57. The number of carbonyl (C=O) groups excluding carboxylic acids is 1. The maximum Gasteiger partial charge on any atom is 0.232 e. The molecule has 0 aliphatic carbocycles. The van der Waals surface area contributed by atoms with E-state index in [0.29, 0.717) is 5.92 Å². The Morgan fingerprint density at radius 2 is 1.83 bits per heavy atom. The maximum atomic E-state index is 13.0. The fourth-order valence-electron chi connectivity index (χ4n) is 3.33. The summed E-state index contributed by atoms with van der Waals surface area (Å²) in [6.07, 6.45) is 3.38. The first kappa shape index (κ1) is 17.9. The van der Waals surface area contributed by atoms with Crippen molar-refractivity contribution in [1.29, 1.82) is 0 Å². The minimum Gasteiger partial charge on any atom is -0.314 e. The van der Waals surface area contributed by atoms with Crippen LogP contribution in [0.3, 0.4) is 0 Å². The van der Waals surface area contributed by atoms with Gasteiger partial charge in [0, 0.05) is 23.6 Å². The van der Waals surface area contributed by atoms with Gasteiger partial charge in [-0.2, -0.15) is 0 Å². The van der Waals surface area contributed by atoms with Gasteiger partial charge in [0.1, 0.15) is 0 Å². The van der Waals surface area contributed by atoms with E-state index in [0.717, 1.165) is 19.4 Å². The molecule has 2 fully saturated rings. The molecule has 0 radical (unpaired) electrons. The molecule has 0 bridgehead atoms. The molecule has 0 aromatic heterocycles. The van der Waals surface area contributed by atoms with Crippen LogP contribution in [-0.2, 0) is 11.2 Å². The molecule has 2 heterocycles. The Balaban J connectivity index is 1.90. The van der Waals surface area contributed by atoms with Crippen LogP contribution in [0, 0.1) is 11.3 Å². The molecule has 1 amide bonds. The van der Waals surface area contributed by atoms with Crippen molar-refractivity contribution in [1.82, 2.24) is 4.90 Å². The average Bonchev–Trinajstić information content (AvgIpc) is 2.98. The summed E-state index contributed by atoms with van der Waals surface area (Å²) in [5.74, 6) is 3.10. The second-order valence-corrected chi connectivity index (χ2v) is 10.1. The molecule has 2 aliphatic rings. The number of hydrogen-bond acceptors (Lipinski definition) is 3. The summed E-state index contributed by atoms with van der Waals surface area (Å²) in [4.78, 5) is 15.1. The quantitative estimate of drug-likeness (QED) is 0.725. The lowest BCUT2D eigenvalue weighted by atomic mass is 9.93. The minimum atomic E-state index is -0.322. The summed E-state index contributed by atoms with van der Waals surface area (Å²) in [5, 5.41) is 0. The van der Waals surface area contributed by atoms with Crippen molar-refractivity contribution >= 4 is 29.4 Å². The van der Waals surface area contributed by atoms with Crippen LogP contribution in [0.25, 0.3) is 0 Å². The standard InChI is InChI=1S/C20H27NOS2/c1-20(2,3)19(22)21-11-10-16(14-15-8-5-4-6-9-15)17(21)18-23-12-7-13-24-18/h4-6,8-9,16H,7,10-14H2,1-3H3. The Labute approximate surface area is 154 Å². The van der Waals surface area contributed by atoms with Gasteiger partial charge in [0.05, 0.1) is 4.24 Å². The lowest BCUT2D eigenvalue weighted by Crippen LogP contribution is -2.37. The molecule has 1 unspecified atom stereocenters. The van der Waals surface area contributed by atoms with Crippen LogP contribution >= 0.6 is 23.5 Å². The van der Waals surface area contributed by atoms with Crippen molar-refractivity contribution in [2.75, 3.05) is 18.1 Å².